The van der Waals surface area contributed by atoms with Crippen LogP contribution in [0.4, 0.5) is 0 Å². The predicted molar refractivity (Wildman–Crippen MR) is 58.4 cm³/mol. The molecule has 1 saturated heterocycles. The van der Waals surface area contributed by atoms with Gasteiger partial charge in [-0.2, -0.15) is 0 Å². The third-order valence-corrected chi connectivity index (χ3v) is 3.15. The molecule has 16 heavy (non-hydrogen) atoms. The fraction of sp³-hybridized carbons (Fsp3) is 0.727. The van der Waals surface area contributed by atoms with Gasteiger partial charge in [-0.15, -0.1) is 0 Å². The minimum atomic E-state index is -0.573. The molecule has 1 N–H and O–H groups in total. The first-order valence-electron chi connectivity index (χ1n) is 5.44. The number of rotatable bonds is 2. The van der Waals surface area contributed by atoms with Crippen LogP contribution in [0.1, 0.15) is 34.1 Å². The zero-order valence-corrected chi connectivity index (χ0v) is 10.2. The molecule has 5 nitrogen and oxygen atoms in total. The van der Waals surface area contributed by atoms with Crippen LogP contribution in [0, 0.1) is 5.41 Å². The zero-order valence-electron chi connectivity index (χ0n) is 10.2. The molecule has 0 bridgehead atoms. The van der Waals surface area contributed by atoms with E-state index in [0.29, 0.717) is 6.42 Å². The van der Waals surface area contributed by atoms with Crippen molar-refractivity contribution in [1.82, 2.24) is 10.2 Å². The summed E-state index contributed by atoms with van der Waals surface area (Å²) in [7, 11) is 0. The molecule has 0 aromatic carbocycles. The number of hydrogen-bond donors (Lipinski definition) is 1. The Hall–Kier alpha value is -1.39. The minimum absolute atomic E-state index is 0.0326. The summed E-state index contributed by atoms with van der Waals surface area (Å²) in [6.45, 7) is 7.15. The lowest BCUT2D eigenvalue weighted by atomic mass is 9.87. The summed E-state index contributed by atoms with van der Waals surface area (Å²) in [5.74, 6) is -0.967. The molecule has 90 valence electrons. The Kier molecular flexibility index (Phi) is 3.35. The quantitative estimate of drug-likeness (QED) is 0.688. The van der Waals surface area contributed by atoms with Gasteiger partial charge in [-0.25, -0.2) is 0 Å². The standard InChI is InChI=1S/C11H18N2O3/c1-5-11(3,4)10(16)13-6-8(14)12-9(15)7(13)2/h7H,5-6H2,1-4H3,(H,12,14,15). The number of carbonyl (C=O) groups is 3. The van der Waals surface area contributed by atoms with Gasteiger partial charge >= 0.3 is 0 Å². The van der Waals surface area contributed by atoms with E-state index in [0.717, 1.165) is 0 Å². The first kappa shape index (κ1) is 12.7. The number of hydrogen-bond acceptors (Lipinski definition) is 3. The second kappa shape index (κ2) is 4.23. The largest absolute Gasteiger partial charge is 0.321 e. The van der Waals surface area contributed by atoms with Crippen LogP contribution in [-0.4, -0.2) is 35.2 Å². The summed E-state index contributed by atoms with van der Waals surface area (Å²) in [6.07, 6.45) is 0.671. The van der Waals surface area contributed by atoms with Crippen LogP contribution in [-0.2, 0) is 14.4 Å². The number of piperazine rings is 1. The van der Waals surface area contributed by atoms with E-state index in [1.807, 2.05) is 20.8 Å². The summed E-state index contributed by atoms with van der Waals surface area (Å²) < 4.78 is 0. The van der Waals surface area contributed by atoms with Crippen LogP contribution < -0.4 is 5.32 Å². The Labute approximate surface area is 95.2 Å². The predicted octanol–water partition coefficient (Wildman–Crippen LogP) is 0.296. The highest BCUT2D eigenvalue weighted by molar-refractivity contribution is 6.04. The highest BCUT2D eigenvalue weighted by Crippen LogP contribution is 2.24. The van der Waals surface area contributed by atoms with Crippen molar-refractivity contribution in [2.45, 2.75) is 40.2 Å². The van der Waals surface area contributed by atoms with Crippen molar-refractivity contribution >= 4 is 17.7 Å². The van der Waals surface area contributed by atoms with Crippen molar-refractivity contribution in [2.75, 3.05) is 6.54 Å². The monoisotopic (exact) mass is 226 g/mol. The second-order valence-corrected chi connectivity index (χ2v) is 4.76. The second-order valence-electron chi connectivity index (χ2n) is 4.76. The summed E-state index contributed by atoms with van der Waals surface area (Å²) in [5.41, 5.74) is -0.536. The molecule has 1 aliphatic heterocycles. The van der Waals surface area contributed by atoms with Crippen LogP contribution in [0.3, 0.4) is 0 Å². The summed E-state index contributed by atoms with van der Waals surface area (Å²) >= 11 is 0. The number of nitrogens with one attached hydrogen (secondary N) is 1. The normalized spacial score (nSPS) is 22.0. The lowest BCUT2D eigenvalue weighted by Crippen LogP contribution is -2.60. The molecule has 1 fully saturated rings. The first-order valence-corrected chi connectivity index (χ1v) is 5.44. The molecule has 0 aliphatic carbocycles. The molecule has 1 rings (SSSR count). The molecule has 0 radical (unpaired) electrons. The Morgan fingerprint density at radius 3 is 2.56 bits per heavy atom. The SMILES string of the molecule is CCC(C)(C)C(=O)N1CC(=O)NC(=O)C1C. The van der Waals surface area contributed by atoms with Gasteiger partial charge in [0.2, 0.25) is 17.7 Å². The summed E-state index contributed by atoms with van der Waals surface area (Å²) in [5, 5.41) is 2.21. The molecule has 0 aromatic heterocycles. The molecule has 0 spiro atoms. The van der Waals surface area contributed by atoms with Crippen LogP contribution in [0.15, 0.2) is 0 Å². The molecule has 0 aromatic rings. The van der Waals surface area contributed by atoms with Crippen LogP contribution in [0.5, 0.6) is 0 Å². The topological polar surface area (TPSA) is 66.5 Å². The van der Waals surface area contributed by atoms with Gasteiger partial charge in [0, 0.05) is 5.41 Å². The Balaban J connectivity index is 2.90. The van der Waals surface area contributed by atoms with Gasteiger partial charge in [0.25, 0.3) is 0 Å². The lowest BCUT2D eigenvalue weighted by Gasteiger charge is -2.36. The smallest absolute Gasteiger partial charge is 0.249 e. The molecule has 1 heterocycles. The van der Waals surface area contributed by atoms with Crippen LogP contribution >= 0.6 is 0 Å². The van der Waals surface area contributed by atoms with Gasteiger partial charge in [0.05, 0.1) is 0 Å². The van der Waals surface area contributed by atoms with E-state index >= 15 is 0 Å². The average molecular weight is 226 g/mol. The molecular formula is C11H18N2O3. The van der Waals surface area contributed by atoms with Gasteiger partial charge < -0.3 is 4.90 Å². The lowest BCUT2D eigenvalue weighted by molar-refractivity contribution is -0.154. The van der Waals surface area contributed by atoms with Crippen molar-refractivity contribution in [3.63, 3.8) is 0 Å². The molecule has 1 atom stereocenters. The van der Waals surface area contributed by atoms with E-state index < -0.39 is 23.3 Å². The maximum Gasteiger partial charge on any atom is 0.249 e. The van der Waals surface area contributed by atoms with Crippen molar-refractivity contribution < 1.29 is 14.4 Å². The van der Waals surface area contributed by atoms with E-state index in [4.69, 9.17) is 0 Å². The van der Waals surface area contributed by atoms with Gasteiger partial charge in [0.1, 0.15) is 12.6 Å². The molecule has 0 saturated carbocycles. The highest BCUT2D eigenvalue weighted by Gasteiger charge is 2.39. The van der Waals surface area contributed by atoms with Gasteiger partial charge in [-0.3, -0.25) is 19.7 Å². The van der Waals surface area contributed by atoms with E-state index in [1.165, 1.54) is 4.90 Å². The third-order valence-electron chi connectivity index (χ3n) is 3.15. The number of amides is 3. The first-order chi connectivity index (χ1) is 7.29. The number of nitrogens with zero attached hydrogens (tertiary/aromatic N) is 1. The van der Waals surface area contributed by atoms with E-state index in [-0.39, 0.29) is 12.5 Å². The maximum atomic E-state index is 12.1. The van der Waals surface area contributed by atoms with Gasteiger partial charge in [-0.1, -0.05) is 20.8 Å². The number of imide groups is 1. The van der Waals surface area contributed by atoms with Crippen molar-refractivity contribution in [1.29, 1.82) is 0 Å². The summed E-state index contributed by atoms with van der Waals surface area (Å²) in [4.78, 5) is 36.1. The Morgan fingerprint density at radius 1 is 1.50 bits per heavy atom. The molecule has 1 aliphatic rings. The number of carbonyl (C=O) groups excluding carboxylic acids is 3. The highest BCUT2D eigenvalue weighted by atomic mass is 16.2. The molecule has 1 unspecified atom stereocenters. The van der Waals surface area contributed by atoms with E-state index in [1.54, 1.807) is 6.92 Å². The van der Waals surface area contributed by atoms with Crippen LogP contribution in [0.2, 0.25) is 0 Å². The van der Waals surface area contributed by atoms with Crippen molar-refractivity contribution in [3.05, 3.63) is 0 Å². The average Bonchev–Trinajstić information content (AvgIpc) is 2.22. The van der Waals surface area contributed by atoms with Crippen molar-refractivity contribution in [3.8, 4) is 0 Å². The third kappa shape index (κ3) is 2.23. The Morgan fingerprint density at radius 2 is 2.06 bits per heavy atom. The zero-order chi connectivity index (χ0) is 12.5. The minimum Gasteiger partial charge on any atom is -0.321 e. The van der Waals surface area contributed by atoms with Crippen LogP contribution in [0.25, 0.3) is 0 Å². The van der Waals surface area contributed by atoms with Crippen molar-refractivity contribution in [2.24, 2.45) is 5.41 Å². The van der Waals surface area contributed by atoms with Gasteiger partial charge in [-0.05, 0) is 13.3 Å². The van der Waals surface area contributed by atoms with E-state index in [2.05, 4.69) is 5.32 Å². The maximum absolute atomic E-state index is 12.1. The Bertz CT molecular complexity index is 336. The molecule has 5 heteroatoms. The van der Waals surface area contributed by atoms with Gasteiger partial charge in [0.15, 0.2) is 0 Å². The van der Waals surface area contributed by atoms with E-state index in [9.17, 15) is 14.4 Å². The molecule has 3 amide bonds. The summed E-state index contributed by atoms with van der Waals surface area (Å²) in [6, 6.07) is -0.573. The fourth-order valence-corrected chi connectivity index (χ4v) is 1.50. The fourth-order valence-electron chi connectivity index (χ4n) is 1.50. The molecular weight excluding hydrogens is 208 g/mol.